The summed E-state index contributed by atoms with van der Waals surface area (Å²) >= 11 is 0. The number of anilines is 1. The van der Waals surface area contributed by atoms with Gasteiger partial charge >= 0.3 is 0 Å². The average Bonchev–Trinajstić information content (AvgIpc) is 2.72. The van der Waals surface area contributed by atoms with Gasteiger partial charge in [0, 0.05) is 5.69 Å². The van der Waals surface area contributed by atoms with Crippen molar-refractivity contribution < 1.29 is 19.0 Å². The molecule has 0 spiro atoms. The number of rotatable bonds is 6. The molecule has 29 heavy (non-hydrogen) atoms. The Morgan fingerprint density at radius 1 is 1.10 bits per heavy atom. The second kappa shape index (κ2) is 9.20. The fourth-order valence-electron chi connectivity index (χ4n) is 2.55. The molecule has 0 radical (unpaired) electrons. The molecule has 144 valence electrons. The zero-order valence-corrected chi connectivity index (χ0v) is 15.3. The van der Waals surface area contributed by atoms with Crippen molar-refractivity contribution >= 4 is 17.7 Å². The van der Waals surface area contributed by atoms with Crippen molar-refractivity contribution in [3.8, 4) is 17.6 Å². The molecule has 0 aliphatic rings. The van der Waals surface area contributed by atoms with E-state index in [2.05, 4.69) is 5.32 Å². The molecule has 3 aromatic carbocycles. The monoisotopic (exact) mass is 388 g/mol. The Morgan fingerprint density at radius 3 is 2.59 bits per heavy atom. The first-order valence-corrected chi connectivity index (χ1v) is 8.73. The maximum absolute atomic E-state index is 13.2. The molecular formula is C23H17FN2O3. The molecule has 6 heteroatoms. The van der Waals surface area contributed by atoms with Gasteiger partial charge in [-0.25, -0.2) is 4.39 Å². The van der Waals surface area contributed by atoms with E-state index in [-0.39, 0.29) is 23.7 Å². The van der Waals surface area contributed by atoms with Gasteiger partial charge in [-0.15, -0.1) is 0 Å². The maximum atomic E-state index is 13.2. The number of carbonyl (C=O) groups is 1. The summed E-state index contributed by atoms with van der Waals surface area (Å²) < 4.78 is 18.9. The molecular weight excluding hydrogens is 371 g/mol. The van der Waals surface area contributed by atoms with E-state index in [9.17, 15) is 19.6 Å². The highest BCUT2D eigenvalue weighted by Crippen LogP contribution is 2.19. The van der Waals surface area contributed by atoms with Crippen molar-refractivity contribution in [3.05, 3.63) is 95.3 Å². The maximum Gasteiger partial charge on any atom is 0.266 e. The number of hydrogen-bond acceptors (Lipinski definition) is 4. The molecule has 0 aliphatic heterocycles. The SMILES string of the molecule is N#C/C(=C/c1cccc(OCc2cccc(F)c2)c1)C(=O)Nc1ccc(O)cc1. The molecule has 0 unspecified atom stereocenters. The van der Waals surface area contributed by atoms with E-state index in [1.54, 1.807) is 36.4 Å². The number of aromatic hydroxyl groups is 1. The third-order valence-corrected chi connectivity index (χ3v) is 3.95. The van der Waals surface area contributed by atoms with E-state index in [1.807, 2.05) is 6.07 Å². The number of nitrogens with zero attached hydrogens (tertiary/aromatic N) is 1. The van der Waals surface area contributed by atoms with E-state index in [0.717, 1.165) is 0 Å². The van der Waals surface area contributed by atoms with Crippen molar-refractivity contribution in [1.82, 2.24) is 0 Å². The molecule has 5 nitrogen and oxygen atoms in total. The predicted octanol–water partition coefficient (Wildman–Crippen LogP) is 4.66. The van der Waals surface area contributed by atoms with Crippen LogP contribution in [0.4, 0.5) is 10.1 Å². The van der Waals surface area contributed by atoms with Gasteiger partial charge in [-0.3, -0.25) is 4.79 Å². The lowest BCUT2D eigenvalue weighted by Gasteiger charge is -2.08. The second-order valence-corrected chi connectivity index (χ2v) is 6.16. The van der Waals surface area contributed by atoms with Crippen LogP contribution in [0, 0.1) is 17.1 Å². The Bertz CT molecular complexity index is 1090. The van der Waals surface area contributed by atoms with Crippen molar-refractivity contribution in [2.45, 2.75) is 6.61 Å². The highest BCUT2D eigenvalue weighted by molar-refractivity contribution is 6.09. The van der Waals surface area contributed by atoms with Gasteiger partial charge in [0.15, 0.2) is 0 Å². The van der Waals surface area contributed by atoms with Crippen LogP contribution in [0.2, 0.25) is 0 Å². The molecule has 3 aromatic rings. The normalized spacial score (nSPS) is 10.8. The van der Waals surface area contributed by atoms with E-state index in [0.29, 0.717) is 22.6 Å². The van der Waals surface area contributed by atoms with Gasteiger partial charge in [0.1, 0.15) is 35.6 Å². The smallest absolute Gasteiger partial charge is 0.266 e. The summed E-state index contributed by atoms with van der Waals surface area (Å²) in [7, 11) is 0. The number of amides is 1. The molecule has 0 saturated heterocycles. The number of benzene rings is 3. The van der Waals surface area contributed by atoms with Gasteiger partial charge in [0.25, 0.3) is 5.91 Å². The number of phenols is 1. The van der Waals surface area contributed by atoms with Gasteiger partial charge in [0.05, 0.1) is 0 Å². The van der Waals surface area contributed by atoms with Gasteiger partial charge < -0.3 is 15.2 Å². The summed E-state index contributed by atoms with van der Waals surface area (Å²) in [5.41, 5.74) is 1.68. The number of nitrogens with one attached hydrogen (secondary N) is 1. The fraction of sp³-hybridized carbons (Fsp3) is 0.0435. The third-order valence-electron chi connectivity index (χ3n) is 3.95. The zero-order chi connectivity index (χ0) is 20.6. The Labute approximate surface area is 167 Å². The standard InChI is InChI=1S/C23H17FN2O3/c24-19-5-1-4-17(12-19)15-29-22-6-2-3-16(13-22)11-18(14-25)23(28)26-20-7-9-21(27)10-8-20/h1-13,27H,15H2,(H,26,28)/b18-11-. The number of nitriles is 1. The number of carbonyl (C=O) groups excluding carboxylic acids is 1. The van der Waals surface area contributed by atoms with E-state index in [1.165, 1.54) is 42.5 Å². The molecule has 0 saturated carbocycles. The number of hydrogen-bond donors (Lipinski definition) is 2. The van der Waals surface area contributed by atoms with Gasteiger partial charge in [-0.05, 0) is 65.7 Å². The predicted molar refractivity (Wildman–Crippen MR) is 108 cm³/mol. The molecule has 0 heterocycles. The lowest BCUT2D eigenvalue weighted by atomic mass is 10.1. The van der Waals surface area contributed by atoms with Crippen LogP contribution < -0.4 is 10.1 Å². The second-order valence-electron chi connectivity index (χ2n) is 6.16. The summed E-state index contributed by atoms with van der Waals surface area (Å²) in [6, 6.07) is 20.8. The van der Waals surface area contributed by atoms with Gasteiger partial charge in [-0.1, -0.05) is 24.3 Å². The van der Waals surface area contributed by atoms with Crippen molar-refractivity contribution in [3.63, 3.8) is 0 Å². The van der Waals surface area contributed by atoms with E-state index in [4.69, 9.17) is 4.74 Å². The van der Waals surface area contributed by atoms with Crippen molar-refractivity contribution in [2.24, 2.45) is 0 Å². The first kappa shape index (κ1) is 19.6. The Balaban J connectivity index is 1.70. The van der Waals surface area contributed by atoms with Crippen LogP contribution in [0.1, 0.15) is 11.1 Å². The van der Waals surface area contributed by atoms with Crippen LogP contribution >= 0.6 is 0 Å². The first-order valence-electron chi connectivity index (χ1n) is 8.73. The summed E-state index contributed by atoms with van der Waals surface area (Å²) in [4.78, 5) is 12.3. The molecule has 0 fully saturated rings. The topological polar surface area (TPSA) is 82.3 Å². The third kappa shape index (κ3) is 5.68. The molecule has 0 aliphatic carbocycles. The van der Waals surface area contributed by atoms with Crippen LogP contribution in [0.3, 0.4) is 0 Å². The molecule has 0 aromatic heterocycles. The minimum absolute atomic E-state index is 0.0779. The summed E-state index contributed by atoms with van der Waals surface area (Å²) in [6.07, 6.45) is 1.45. The Hall–Kier alpha value is -4.11. The number of halogens is 1. The Morgan fingerprint density at radius 2 is 1.86 bits per heavy atom. The fourth-order valence-corrected chi connectivity index (χ4v) is 2.55. The van der Waals surface area contributed by atoms with Crippen LogP contribution in [-0.2, 0) is 11.4 Å². The van der Waals surface area contributed by atoms with E-state index < -0.39 is 5.91 Å². The summed E-state index contributed by atoms with van der Waals surface area (Å²) in [5.74, 6) is -0.293. The summed E-state index contributed by atoms with van der Waals surface area (Å²) in [6.45, 7) is 0.192. The lowest BCUT2D eigenvalue weighted by molar-refractivity contribution is -0.112. The zero-order valence-electron chi connectivity index (χ0n) is 15.3. The number of phenolic OH excluding ortho intramolecular Hbond substituents is 1. The lowest BCUT2D eigenvalue weighted by Crippen LogP contribution is -2.13. The first-order chi connectivity index (χ1) is 14.0. The summed E-state index contributed by atoms with van der Waals surface area (Å²) in [5, 5.41) is 21.2. The van der Waals surface area contributed by atoms with Gasteiger partial charge in [0.2, 0.25) is 0 Å². The highest BCUT2D eigenvalue weighted by atomic mass is 19.1. The quantitative estimate of drug-likeness (QED) is 0.366. The van der Waals surface area contributed by atoms with E-state index >= 15 is 0 Å². The van der Waals surface area contributed by atoms with Gasteiger partial charge in [-0.2, -0.15) is 5.26 Å². The molecule has 2 N–H and O–H groups in total. The van der Waals surface area contributed by atoms with Crippen LogP contribution in [-0.4, -0.2) is 11.0 Å². The minimum Gasteiger partial charge on any atom is -0.508 e. The molecule has 0 bridgehead atoms. The van der Waals surface area contributed by atoms with Crippen LogP contribution in [0.25, 0.3) is 6.08 Å². The molecule has 0 atom stereocenters. The molecule has 3 rings (SSSR count). The Kier molecular flexibility index (Phi) is 6.23. The molecule has 1 amide bonds. The van der Waals surface area contributed by atoms with Crippen molar-refractivity contribution in [1.29, 1.82) is 5.26 Å². The van der Waals surface area contributed by atoms with Crippen LogP contribution in [0.5, 0.6) is 11.5 Å². The largest absolute Gasteiger partial charge is 0.508 e. The van der Waals surface area contributed by atoms with Crippen LogP contribution in [0.15, 0.2) is 78.4 Å². The number of ether oxygens (including phenoxy) is 1. The minimum atomic E-state index is -0.565. The average molecular weight is 388 g/mol. The highest BCUT2D eigenvalue weighted by Gasteiger charge is 2.10. The van der Waals surface area contributed by atoms with Crippen molar-refractivity contribution in [2.75, 3.05) is 5.32 Å².